The van der Waals surface area contributed by atoms with Crippen molar-refractivity contribution in [3.05, 3.63) is 24.0 Å². The molecule has 0 amide bonds. The molecule has 0 bridgehead atoms. The Morgan fingerprint density at radius 1 is 1.69 bits per heavy atom. The first-order chi connectivity index (χ1) is 7.75. The lowest BCUT2D eigenvalue weighted by Gasteiger charge is -2.07. The summed E-state index contributed by atoms with van der Waals surface area (Å²) in [6.07, 6.45) is 8.00. The lowest BCUT2D eigenvalue weighted by Crippen LogP contribution is -2.09. The van der Waals surface area contributed by atoms with E-state index in [4.69, 9.17) is 11.5 Å². The number of anilines is 1. The van der Waals surface area contributed by atoms with Crippen molar-refractivity contribution >= 4 is 23.4 Å². The molecule has 0 atom stereocenters. The summed E-state index contributed by atoms with van der Waals surface area (Å²) in [6, 6.07) is 1.65. The van der Waals surface area contributed by atoms with E-state index >= 15 is 0 Å². The normalized spacial score (nSPS) is 9.44. The molecule has 0 saturated heterocycles. The molecule has 1 aromatic rings. The number of aromatic nitrogens is 1. The van der Waals surface area contributed by atoms with Crippen LogP contribution in [-0.2, 0) is 0 Å². The summed E-state index contributed by atoms with van der Waals surface area (Å²) in [5.41, 5.74) is 0.772. The fourth-order valence-electron chi connectivity index (χ4n) is 1.11. The van der Waals surface area contributed by atoms with Crippen LogP contribution in [0, 0.1) is 12.3 Å². The van der Waals surface area contributed by atoms with Crippen LogP contribution in [0.15, 0.2) is 18.5 Å². The van der Waals surface area contributed by atoms with E-state index < -0.39 is 5.97 Å². The second-order valence-electron chi connectivity index (χ2n) is 2.91. The predicted molar refractivity (Wildman–Crippen MR) is 65.8 cm³/mol. The van der Waals surface area contributed by atoms with Gasteiger partial charge < -0.3 is 10.4 Å². The van der Waals surface area contributed by atoms with Crippen LogP contribution < -0.4 is 5.32 Å². The predicted octanol–water partition coefficient (Wildman–Crippen LogP) is 1.56. The number of nitrogens with one attached hydrogen (secondary N) is 1. The largest absolute Gasteiger partial charge is 0.478 e. The summed E-state index contributed by atoms with van der Waals surface area (Å²) in [5, 5.41) is 11.9. The minimum atomic E-state index is -0.980. The van der Waals surface area contributed by atoms with Crippen molar-refractivity contribution in [3.63, 3.8) is 0 Å². The lowest BCUT2D eigenvalue weighted by molar-refractivity contribution is 0.0697. The maximum Gasteiger partial charge on any atom is 0.339 e. The maximum atomic E-state index is 10.8. The number of pyridine rings is 1. The summed E-state index contributed by atoms with van der Waals surface area (Å²) in [5.74, 6) is 3.06. The molecule has 0 unspecified atom stereocenters. The Bertz CT molecular complexity index is 401. The number of rotatable bonds is 6. The van der Waals surface area contributed by atoms with Gasteiger partial charge in [0.1, 0.15) is 5.56 Å². The highest BCUT2D eigenvalue weighted by Crippen LogP contribution is 2.13. The van der Waals surface area contributed by atoms with Crippen molar-refractivity contribution in [2.75, 3.05) is 23.4 Å². The smallest absolute Gasteiger partial charge is 0.339 e. The van der Waals surface area contributed by atoms with Gasteiger partial charge in [-0.25, -0.2) is 4.79 Å². The van der Waals surface area contributed by atoms with Gasteiger partial charge >= 0.3 is 5.97 Å². The first kappa shape index (κ1) is 12.4. The van der Waals surface area contributed by atoms with Gasteiger partial charge in [-0.2, -0.15) is 0 Å². The summed E-state index contributed by atoms with van der Waals surface area (Å²) < 4.78 is 0. The van der Waals surface area contributed by atoms with Crippen LogP contribution >= 0.6 is 11.8 Å². The van der Waals surface area contributed by atoms with Gasteiger partial charge in [0.25, 0.3) is 0 Å². The second-order valence-corrected chi connectivity index (χ2v) is 4.02. The van der Waals surface area contributed by atoms with E-state index in [2.05, 4.69) is 16.2 Å². The highest BCUT2D eigenvalue weighted by atomic mass is 32.2. The van der Waals surface area contributed by atoms with E-state index in [-0.39, 0.29) is 5.56 Å². The lowest BCUT2D eigenvalue weighted by atomic mass is 10.2. The van der Waals surface area contributed by atoms with E-state index in [9.17, 15) is 4.79 Å². The van der Waals surface area contributed by atoms with Gasteiger partial charge in [-0.3, -0.25) is 4.98 Å². The van der Waals surface area contributed by atoms with Crippen LogP contribution in [0.4, 0.5) is 5.69 Å². The minimum absolute atomic E-state index is 0.185. The zero-order valence-electron chi connectivity index (χ0n) is 8.64. The van der Waals surface area contributed by atoms with Gasteiger partial charge in [-0.05, 0) is 6.07 Å². The molecule has 0 aliphatic heterocycles. The molecule has 0 saturated carbocycles. The minimum Gasteiger partial charge on any atom is -0.478 e. The number of hydrogen-bond acceptors (Lipinski definition) is 4. The molecule has 0 aromatic carbocycles. The van der Waals surface area contributed by atoms with Crippen LogP contribution in [0.2, 0.25) is 0 Å². The number of hydrogen-bond donors (Lipinski definition) is 2. The average molecular weight is 236 g/mol. The SMILES string of the molecule is C#CCSCCNc1ccncc1C(=O)O. The number of thioether (sulfide) groups is 1. The number of nitrogens with zero attached hydrogens (tertiary/aromatic N) is 1. The molecule has 16 heavy (non-hydrogen) atoms. The fraction of sp³-hybridized carbons (Fsp3) is 0.273. The quantitative estimate of drug-likeness (QED) is 0.579. The van der Waals surface area contributed by atoms with E-state index in [0.29, 0.717) is 18.0 Å². The molecule has 2 N–H and O–H groups in total. The Kier molecular flexibility index (Phi) is 5.23. The van der Waals surface area contributed by atoms with Crippen LogP contribution in [0.5, 0.6) is 0 Å². The zero-order valence-corrected chi connectivity index (χ0v) is 9.46. The van der Waals surface area contributed by atoms with Gasteiger partial charge in [0.15, 0.2) is 0 Å². The standard InChI is InChI=1S/C11H12N2O2S/c1-2-6-16-7-5-13-10-3-4-12-8-9(10)11(14)15/h1,3-4,8H,5-7H2,(H,12,13)(H,14,15). The van der Waals surface area contributed by atoms with E-state index in [1.54, 1.807) is 24.0 Å². The van der Waals surface area contributed by atoms with Crippen molar-refractivity contribution in [1.29, 1.82) is 0 Å². The zero-order chi connectivity index (χ0) is 11.8. The van der Waals surface area contributed by atoms with E-state index in [1.807, 2.05) is 0 Å². The van der Waals surface area contributed by atoms with Gasteiger partial charge in [-0.15, -0.1) is 18.2 Å². The summed E-state index contributed by atoms with van der Waals surface area (Å²) in [4.78, 5) is 14.6. The molecule has 84 valence electrons. The molecule has 5 heteroatoms. The van der Waals surface area contributed by atoms with E-state index in [1.165, 1.54) is 6.20 Å². The van der Waals surface area contributed by atoms with Gasteiger partial charge in [0.2, 0.25) is 0 Å². The van der Waals surface area contributed by atoms with Crippen molar-refractivity contribution in [1.82, 2.24) is 4.98 Å². The van der Waals surface area contributed by atoms with Crippen LogP contribution in [0.25, 0.3) is 0 Å². The molecule has 0 radical (unpaired) electrons. The number of aromatic carboxylic acids is 1. The highest BCUT2D eigenvalue weighted by molar-refractivity contribution is 7.99. The second kappa shape index (κ2) is 6.75. The third kappa shape index (κ3) is 3.83. The molecular weight excluding hydrogens is 224 g/mol. The molecule has 4 nitrogen and oxygen atoms in total. The monoisotopic (exact) mass is 236 g/mol. The number of carbonyl (C=O) groups is 1. The van der Waals surface area contributed by atoms with E-state index in [0.717, 1.165) is 5.75 Å². The molecule has 1 aromatic heterocycles. The Hall–Kier alpha value is -1.67. The Morgan fingerprint density at radius 3 is 3.19 bits per heavy atom. The molecule has 0 aliphatic rings. The molecule has 1 heterocycles. The van der Waals surface area contributed by atoms with Gasteiger partial charge in [0, 0.05) is 24.7 Å². The molecule has 1 rings (SSSR count). The summed E-state index contributed by atoms with van der Waals surface area (Å²) in [7, 11) is 0. The first-order valence-corrected chi connectivity index (χ1v) is 5.83. The van der Waals surface area contributed by atoms with Crippen molar-refractivity contribution < 1.29 is 9.90 Å². The first-order valence-electron chi connectivity index (χ1n) is 4.68. The van der Waals surface area contributed by atoms with Gasteiger partial charge in [0.05, 0.1) is 11.4 Å². The molecular formula is C11H12N2O2S. The average Bonchev–Trinajstić information content (AvgIpc) is 2.29. The highest BCUT2D eigenvalue weighted by Gasteiger charge is 2.08. The number of terminal acetylenes is 1. The topological polar surface area (TPSA) is 62.2 Å². The molecule has 0 fully saturated rings. The van der Waals surface area contributed by atoms with Crippen LogP contribution in [0.1, 0.15) is 10.4 Å². The Morgan fingerprint density at radius 2 is 2.50 bits per heavy atom. The van der Waals surface area contributed by atoms with Crippen LogP contribution in [-0.4, -0.2) is 34.1 Å². The molecule has 0 aliphatic carbocycles. The summed E-state index contributed by atoms with van der Waals surface area (Å²) in [6.45, 7) is 0.677. The van der Waals surface area contributed by atoms with Crippen molar-refractivity contribution in [3.8, 4) is 12.3 Å². The van der Waals surface area contributed by atoms with Gasteiger partial charge in [-0.1, -0.05) is 5.92 Å². The number of carboxylic acids is 1. The Balaban J connectivity index is 2.47. The third-order valence-corrected chi connectivity index (χ3v) is 2.66. The number of carboxylic acid groups (broad SMARTS) is 1. The Labute approximate surface area is 98.5 Å². The third-order valence-electron chi connectivity index (χ3n) is 1.80. The van der Waals surface area contributed by atoms with Crippen molar-refractivity contribution in [2.45, 2.75) is 0 Å². The summed E-state index contributed by atoms with van der Waals surface area (Å²) >= 11 is 1.63. The molecule has 0 spiro atoms. The van der Waals surface area contributed by atoms with Crippen molar-refractivity contribution in [2.24, 2.45) is 0 Å². The fourth-order valence-corrected chi connectivity index (χ4v) is 1.62. The maximum absolute atomic E-state index is 10.8. The van der Waals surface area contributed by atoms with Crippen LogP contribution in [0.3, 0.4) is 0 Å².